The lowest BCUT2D eigenvalue weighted by atomic mass is 9.93. The van der Waals surface area contributed by atoms with E-state index in [1.807, 2.05) is 12.1 Å². The van der Waals surface area contributed by atoms with Gasteiger partial charge in [-0.2, -0.15) is 0 Å². The second-order valence-electron chi connectivity index (χ2n) is 5.71. The van der Waals surface area contributed by atoms with E-state index < -0.39 is 5.97 Å². The number of aliphatic carboxylic acids is 1. The molecule has 1 heterocycles. The van der Waals surface area contributed by atoms with Gasteiger partial charge in [-0.3, -0.25) is 9.69 Å². The molecule has 0 bridgehead atoms. The third-order valence-electron chi connectivity index (χ3n) is 4.18. The Kier molecular flexibility index (Phi) is 5.60. The maximum Gasteiger partial charge on any atom is 0.321 e. The van der Waals surface area contributed by atoms with E-state index in [1.54, 1.807) is 0 Å². The van der Waals surface area contributed by atoms with Crippen LogP contribution < -0.4 is 0 Å². The Morgan fingerprint density at radius 1 is 1.20 bits per heavy atom. The first-order valence-electron chi connectivity index (χ1n) is 7.76. The molecule has 1 aliphatic heterocycles. The summed E-state index contributed by atoms with van der Waals surface area (Å²) in [7, 11) is 0. The van der Waals surface area contributed by atoms with Crippen molar-refractivity contribution in [3.63, 3.8) is 0 Å². The Morgan fingerprint density at radius 2 is 1.90 bits per heavy atom. The van der Waals surface area contributed by atoms with Gasteiger partial charge < -0.3 is 5.11 Å². The number of carboxylic acid groups (broad SMARTS) is 1. The molecule has 0 fully saturated rings. The van der Waals surface area contributed by atoms with Crippen molar-refractivity contribution in [2.75, 3.05) is 6.54 Å². The summed E-state index contributed by atoms with van der Waals surface area (Å²) in [5.41, 5.74) is 2.49. The predicted molar refractivity (Wildman–Crippen MR) is 80.7 cm³/mol. The third kappa shape index (κ3) is 3.83. The lowest BCUT2D eigenvalue weighted by molar-refractivity contribution is -0.144. The van der Waals surface area contributed by atoms with Crippen LogP contribution in [0.3, 0.4) is 0 Å². The fraction of sp³-hybridized carbons (Fsp3) is 0.588. The lowest BCUT2D eigenvalue weighted by Gasteiger charge is -2.34. The number of unbranched alkanes of at least 4 members (excludes halogenated alkanes) is 4. The van der Waals surface area contributed by atoms with Gasteiger partial charge in [-0.15, -0.1) is 0 Å². The molecule has 3 heteroatoms. The normalized spacial score (nSPS) is 18.8. The van der Waals surface area contributed by atoms with E-state index in [9.17, 15) is 9.90 Å². The van der Waals surface area contributed by atoms with Gasteiger partial charge in [0.2, 0.25) is 0 Å². The molecule has 0 aromatic heterocycles. The van der Waals surface area contributed by atoms with Crippen LogP contribution in [0.15, 0.2) is 24.3 Å². The number of fused-ring (bicyclic) bond motifs is 1. The van der Waals surface area contributed by atoms with Gasteiger partial charge in [-0.05, 0) is 30.5 Å². The van der Waals surface area contributed by atoms with Gasteiger partial charge in [0, 0.05) is 6.54 Å². The topological polar surface area (TPSA) is 40.5 Å². The van der Waals surface area contributed by atoms with Gasteiger partial charge in [-0.1, -0.05) is 56.9 Å². The Balaban J connectivity index is 1.94. The molecule has 0 aliphatic carbocycles. The molecule has 0 radical (unpaired) electrons. The van der Waals surface area contributed by atoms with Crippen LogP contribution in [0.25, 0.3) is 0 Å². The zero-order valence-corrected chi connectivity index (χ0v) is 12.3. The maximum atomic E-state index is 11.5. The van der Waals surface area contributed by atoms with Crippen molar-refractivity contribution in [3.05, 3.63) is 35.4 Å². The molecule has 1 atom stereocenters. The van der Waals surface area contributed by atoms with E-state index in [2.05, 4.69) is 24.0 Å². The summed E-state index contributed by atoms with van der Waals surface area (Å²) >= 11 is 0. The number of carboxylic acids is 1. The number of hydrogen-bond acceptors (Lipinski definition) is 2. The molecule has 1 aliphatic rings. The highest BCUT2D eigenvalue weighted by molar-refractivity contribution is 5.74. The van der Waals surface area contributed by atoms with E-state index in [-0.39, 0.29) is 6.04 Å². The molecule has 1 N–H and O–H groups in total. The van der Waals surface area contributed by atoms with Crippen LogP contribution in [-0.4, -0.2) is 28.6 Å². The highest BCUT2D eigenvalue weighted by atomic mass is 16.4. The first-order valence-corrected chi connectivity index (χ1v) is 7.76. The number of rotatable bonds is 7. The third-order valence-corrected chi connectivity index (χ3v) is 4.18. The van der Waals surface area contributed by atoms with Gasteiger partial charge in [0.1, 0.15) is 6.04 Å². The minimum Gasteiger partial charge on any atom is -0.480 e. The molecule has 0 saturated carbocycles. The zero-order valence-electron chi connectivity index (χ0n) is 12.3. The summed E-state index contributed by atoms with van der Waals surface area (Å²) in [6, 6.07) is 7.87. The van der Waals surface area contributed by atoms with Crippen LogP contribution in [0.4, 0.5) is 0 Å². The second-order valence-corrected chi connectivity index (χ2v) is 5.71. The molecule has 0 spiro atoms. The Labute approximate surface area is 121 Å². The second kappa shape index (κ2) is 7.44. The summed E-state index contributed by atoms with van der Waals surface area (Å²) in [6.07, 6.45) is 6.74. The Morgan fingerprint density at radius 3 is 2.60 bits per heavy atom. The van der Waals surface area contributed by atoms with Gasteiger partial charge in [0.15, 0.2) is 0 Å². The van der Waals surface area contributed by atoms with Crippen molar-refractivity contribution in [3.8, 4) is 0 Å². The molecule has 1 aromatic carbocycles. The zero-order chi connectivity index (χ0) is 14.4. The van der Waals surface area contributed by atoms with Crippen molar-refractivity contribution in [2.24, 2.45) is 0 Å². The van der Waals surface area contributed by atoms with Crippen molar-refractivity contribution in [1.29, 1.82) is 0 Å². The van der Waals surface area contributed by atoms with Crippen LogP contribution in [-0.2, 0) is 17.8 Å². The lowest BCUT2D eigenvalue weighted by Crippen LogP contribution is -2.45. The van der Waals surface area contributed by atoms with Gasteiger partial charge in [0.25, 0.3) is 0 Å². The maximum absolute atomic E-state index is 11.5. The number of benzene rings is 1. The summed E-state index contributed by atoms with van der Waals surface area (Å²) in [4.78, 5) is 13.6. The average Bonchev–Trinajstić information content (AvgIpc) is 2.46. The summed E-state index contributed by atoms with van der Waals surface area (Å²) in [5.74, 6) is -0.687. The minimum atomic E-state index is -0.687. The highest BCUT2D eigenvalue weighted by Crippen LogP contribution is 2.24. The number of carbonyl (C=O) groups is 1. The van der Waals surface area contributed by atoms with Crippen LogP contribution in [0.1, 0.15) is 50.2 Å². The molecule has 2 rings (SSSR count). The van der Waals surface area contributed by atoms with E-state index >= 15 is 0 Å². The van der Waals surface area contributed by atoms with Crippen LogP contribution in [0, 0.1) is 0 Å². The predicted octanol–water partition coefficient (Wildman–Crippen LogP) is 3.47. The largest absolute Gasteiger partial charge is 0.480 e. The Hall–Kier alpha value is -1.35. The first-order chi connectivity index (χ1) is 9.72. The van der Waals surface area contributed by atoms with E-state index in [0.717, 1.165) is 19.5 Å². The van der Waals surface area contributed by atoms with E-state index in [4.69, 9.17) is 0 Å². The fourth-order valence-corrected chi connectivity index (χ4v) is 2.97. The van der Waals surface area contributed by atoms with Crippen LogP contribution >= 0.6 is 0 Å². The molecule has 0 saturated heterocycles. The van der Waals surface area contributed by atoms with Crippen LogP contribution in [0.2, 0.25) is 0 Å². The smallest absolute Gasteiger partial charge is 0.321 e. The van der Waals surface area contributed by atoms with E-state index in [0.29, 0.717) is 6.42 Å². The molecule has 0 unspecified atom stereocenters. The van der Waals surface area contributed by atoms with Crippen molar-refractivity contribution in [2.45, 2.75) is 58.0 Å². The fourth-order valence-electron chi connectivity index (χ4n) is 2.97. The molecule has 110 valence electrons. The minimum absolute atomic E-state index is 0.351. The van der Waals surface area contributed by atoms with Gasteiger partial charge >= 0.3 is 5.97 Å². The van der Waals surface area contributed by atoms with Gasteiger partial charge in [0.05, 0.1) is 0 Å². The molecular weight excluding hydrogens is 250 g/mol. The quantitative estimate of drug-likeness (QED) is 0.775. The van der Waals surface area contributed by atoms with Crippen molar-refractivity contribution >= 4 is 5.97 Å². The molecule has 0 amide bonds. The number of nitrogens with zero attached hydrogens (tertiary/aromatic N) is 1. The first kappa shape index (κ1) is 15.0. The Bertz CT molecular complexity index is 444. The van der Waals surface area contributed by atoms with E-state index in [1.165, 1.54) is 36.8 Å². The average molecular weight is 275 g/mol. The van der Waals surface area contributed by atoms with Crippen LogP contribution in [0.5, 0.6) is 0 Å². The summed E-state index contributed by atoms with van der Waals surface area (Å²) < 4.78 is 0. The monoisotopic (exact) mass is 275 g/mol. The standard InChI is InChI=1S/C17H25NO2/c1-2-3-4-5-8-11-18-13-15-10-7-6-9-14(15)12-16(18)17(19)20/h6-7,9-10,16H,2-5,8,11-13H2,1H3,(H,19,20)/t16-/m0/s1. The van der Waals surface area contributed by atoms with Crippen molar-refractivity contribution < 1.29 is 9.90 Å². The highest BCUT2D eigenvalue weighted by Gasteiger charge is 2.30. The summed E-state index contributed by atoms with van der Waals surface area (Å²) in [5, 5.41) is 9.43. The van der Waals surface area contributed by atoms with Gasteiger partial charge in [-0.25, -0.2) is 0 Å². The molecular formula is C17H25NO2. The van der Waals surface area contributed by atoms with Crippen molar-refractivity contribution in [1.82, 2.24) is 4.90 Å². The molecule has 3 nitrogen and oxygen atoms in total. The number of hydrogen-bond donors (Lipinski definition) is 1. The molecule has 1 aromatic rings. The SMILES string of the molecule is CCCCCCCN1Cc2ccccc2C[C@H]1C(=O)O. The molecule has 20 heavy (non-hydrogen) atoms. The summed E-state index contributed by atoms with van der Waals surface area (Å²) in [6.45, 7) is 3.89.